The molecule has 0 amide bonds. The van der Waals surface area contributed by atoms with Gasteiger partial charge in [-0.3, -0.25) is 4.55 Å². The molecular weight excluding hydrogens is 174 g/mol. The summed E-state index contributed by atoms with van der Waals surface area (Å²) in [5.41, 5.74) is -1.82. The average Bonchev–Trinajstić information content (AvgIpc) is 1.86. The van der Waals surface area contributed by atoms with E-state index >= 15 is 0 Å². The zero-order valence-electron chi connectivity index (χ0n) is 5.77. The first kappa shape index (κ1) is 10.8. The van der Waals surface area contributed by atoms with E-state index in [0.29, 0.717) is 0 Å². The second kappa shape index (κ2) is 4.62. The molecule has 0 aliphatic heterocycles. The van der Waals surface area contributed by atoms with Gasteiger partial charge in [0.25, 0.3) is 10.1 Å². The van der Waals surface area contributed by atoms with Crippen molar-refractivity contribution in [2.24, 2.45) is 0 Å². The Bertz CT molecular complexity index is 189. The highest BCUT2D eigenvalue weighted by Crippen LogP contribution is 1.90. The number of rotatable bonds is 5. The first-order valence-corrected chi connectivity index (χ1v) is 4.44. The van der Waals surface area contributed by atoms with Crippen LogP contribution in [-0.4, -0.2) is 48.3 Å². The van der Waals surface area contributed by atoms with Gasteiger partial charge in [0.15, 0.2) is 5.44 Å². The van der Waals surface area contributed by atoms with Crippen LogP contribution in [0.1, 0.15) is 0 Å². The summed E-state index contributed by atoms with van der Waals surface area (Å²) in [6.07, 6.45) is 0. The summed E-state index contributed by atoms with van der Waals surface area (Å²) in [5.74, 6) is 0. The van der Waals surface area contributed by atoms with Crippen LogP contribution in [0.5, 0.6) is 0 Å². The average molecular weight is 185 g/mol. The van der Waals surface area contributed by atoms with Crippen molar-refractivity contribution < 1.29 is 23.2 Å². The highest BCUT2D eigenvalue weighted by molar-refractivity contribution is 7.86. The Morgan fingerprint density at radius 3 is 2.36 bits per heavy atom. The predicted molar refractivity (Wildman–Crippen MR) is 37.5 cm³/mol. The lowest BCUT2D eigenvalue weighted by Crippen LogP contribution is -2.34. The molecule has 0 bridgehead atoms. The zero-order valence-corrected chi connectivity index (χ0v) is 6.58. The van der Waals surface area contributed by atoms with Crippen LogP contribution in [0.2, 0.25) is 0 Å². The Kier molecular flexibility index (Phi) is 4.54. The third-order valence-electron chi connectivity index (χ3n) is 0.951. The topological polar surface area (TPSA) is 107 Å². The summed E-state index contributed by atoms with van der Waals surface area (Å²) in [7, 11) is -4.37. The molecule has 0 heterocycles. The molecule has 0 saturated carbocycles. The Hall–Kier alpha value is -0.210. The van der Waals surface area contributed by atoms with E-state index in [2.05, 4.69) is 5.32 Å². The molecule has 0 aromatic carbocycles. The van der Waals surface area contributed by atoms with Gasteiger partial charge in [0.05, 0.1) is 6.61 Å². The molecule has 0 aliphatic rings. The van der Waals surface area contributed by atoms with Crippen LogP contribution in [0.15, 0.2) is 0 Å². The maximum Gasteiger partial charge on any atom is 0.293 e. The van der Waals surface area contributed by atoms with Crippen molar-refractivity contribution >= 4 is 10.1 Å². The molecule has 1 atom stereocenters. The summed E-state index contributed by atoms with van der Waals surface area (Å²) < 4.78 is 28.5. The Labute approximate surface area is 64.6 Å². The SMILES string of the molecule is O=S(=O)(O)C(O)CNCCO. The van der Waals surface area contributed by atoms with Crippen molar-refractivity contribution in [1.29, 1.82) is 0 Å². The molecule has 0 aromatic rings. The van der Waals surface area contributed by atoms with E-state index in [1.165, 1.54) is 0 Å². The molecule has 11 heavy (non-hydrogen) atoms. The van der Waals surface area contributed by atoms with Gasteiger partial charge in [-0.25, -0.2) is 0 Å². The number of aliphatic hydroxyl groups is 2. The molecule has 0 rings (SSSR count). The van der Waals surface area contributed by atoms with E-state index in [9.17, 15) is 8.42 Å². The van der Waals surface area contributed by atoms with Gasteiger partial charge in [-0.1, -0.05) is 0 Å². The lowest BCUT2D eigenvalue weighted by atomic mass is 10.6. The van der Waals surface area contributed by atoms with Gasteiger partial charge >= 0.3 is 0 Å². The monoisotopic (exact) mass is 185 g/mol. The lowest BCUT2D eigenvalue weighted by Gasteiger charge is -2.06. The minimum Gasteiger partial charge on any atom is -0.395 e. The van der Waals surface area contributed by atoms with Crippen LogP contribution in [0.4, 0.5) is 0 Å². The van der Waals surface area contributed by atoms with Crippen molar-refractivity contribution in [1.82, 2.24) is 5.32 Å². The molecule has 0 fully saturated rings. The van der Waals surface area contributed by atoms with Crippen molar-refractivity contribution in [2.75, 3.05) is 19.7 Å². The summed E-state index contributed by atoms with van der Waals surface area (Å²) >= 11 is 0. The Morgan fingerprint density at radius 2 is 2.00 bits per heavy atom. The van der Waals surface area contributed by atoms with Gasteiger partial charge in [-0.2, -0.15) is 8.42 Å². The van der Waals surface area contributed by atoms with Gasteiger partial charge in [-0.05, 0) is 0 Å². The van der Waals surface area contributed by atoms with E-state index < -0.39 is 15.6 Å². The van der Waals surface area contributed by atoms with Gasteiger partial charge < -0.3 is 15.5 Å². The van der Waals surface area contributed by atoms with E-state index in [4.69, 9.17) is 14.8 Å². The van der Waals surface area contributed by atoms with Gasteiger partial charge in [-0.15, -0.1) is 0 Å². The Balaban J connectivity index is 3.62. The molecular formula is C4H11NO5S. The molecule has 0 aliphatic carbocycles. The molecule has 7 heteroatoms. The van der Waals surface area contributed by atoms with Crippen LogP contribution in [-0.2, 0) is 10.1 Å². The Morgan fingerprint density at radius 1 is 1.45 bits per heavy atom. The lowest BCUT2D eigenvalue weighted by molar-refractivity contribution is 0.221. The molecule has 6 nitrogen and oxygen atoms in total. The smallest absolute Gasteiger partial charge is 0.293 e. The van der Waals surface area contributed by atoms with Crippen molar-refractivity contribution in [3.05, 3.63) is 0 Å². The zero-order chi connectivity index (χ0) is 8.91. The van der Waals surface area contributed by atoms with E-state index in [-0.39, 0.29) is 19.7 Å². The predicted octanol–water partition coefficient (Wildman–Crippen LogP) is -2.23. The maximum absolute atomic E-state index is 10.1. The van der Waals surface area contributed by atoms with Gasteiger partial charge in [0.1, 0.15) is 0 Å². The normalized spacial score (nSPS) is 14.8. The summed E-state index contributed by atoms with van der Waals surface area (Å²) in [5, 5.41) is 19.3. The molecule has 4 N–H and O–H groups in total. The third kappa shape index (κ3) is 5.10. The number of hydrogen-bond acceptors (Lipinski definition) is 5. The summed E-state index contributed by atoms with van der Waals surface area (Å²) in [4.78, 5) is 0. The first-order chi connectivity index (χ1) is 4.98. The minimum absolute atomic E-state index is 0.155. The fourth-order valence-corrected chi connectivity index (χ4v) is 0.738. The highest BCUT2D eigenvalue weighted by atomic mass is 32.2. The van der Waals surface area contributed by atoms with Crippen molar-refractivity contribution in [3.63, 3.8) is 0 Å². The van der Waals surface area contributed by atoms with Crippen LogP contribution in [0, 0.1) is 0 Å². The van der Waals surface area contributed by atoms with E-state index in [0.717, 1.165) is 0 Å². The fourth-order valence-electron chi connectivity index (χ4n) is 0.410. The van der Waals surface area contributed by atoms with Gasteiger partial charge in [0, 0.05) is 13.1 Å². The molecule has 68 valence electrons. The van der Waals surface area contributed by atoms with Crippen LogP contribution in [0.25, 0.3) is 0 Å². The fraction of sp³-hybridized carbons (Fsp3) is 1.00. The quantitative estimate of drug-likeness (QED) is 0.285. The van der Waals surface area contributed by atoms with E-state index in [1.54, 1.807) is 0 Å². The second-order valence-corrected chi connectivity index (χ2v) is 3.47. The molecule has 0 radical (unpaired) electrons. The van der Waals surface area contributed by atoms with Crippen LogP contribution < -0.4 is 5.32 Å². The minimum atomic E-state index is -4.37. The molecule has 1 unspecified atom stereocenters. The largest absolute Gasteiger partial charge is 0.395 e. The van der Waals surface area contributed by atoms with Gasteiger partial charge in [0.2, 0.25) is 0 Å². The molecule has 0 aromatic heterocycles. The number of hydrogen-bond donors (Lipinski definition) is 4. The standard InChI is InChI=1S/C4H11NO5S/c6-2-1-5-3-4(7)11(8,9)10/h4-7H,1-3H2,(H,8,9,10). The van der Waals surface area contributed by atoms with E-state index in [1.807, 2.05) is 0 Å². The summed E-state index contributed by atoms with van der Waals surface area (Å²) in [6.45, 7) is -0.274. The summed E-state index contributed by atoms with van der Waals surface area (Å²) in [6, 6.07) is 0. The highest BCUT2D eigenvalue weighted by Gasteiger charge is 2.17. The second-order valence-electron chi connectivity index (χ2n) is 1.90. The van der Waals surface area contributed by atoms with Crippen LogP contribution >= 0.6 is 0 Å². The molecule has 0 spiro atoms. The third-order valence-corrected chi connectivity index (χ3v) is 1.81. The van der Waals surface area contributed by atoms with Crippen LogP contribution in [0.3, 0.4) is 0 Å². The number of nitrogens with one attached hydrogen (secondary N) is 1. The maximum atomic E-state index is 10.1. The number of aliphatic hydroxyl groups excluding tert-OH is 2. The van der Waals surface area contributed by atoms with Crippen molar-refractivity contribution in [3.8, 4) is 0 Å². The molecule has 0 saturated heterocycles. The first-order valence-electron chi connectivity index (χ1n) is 2.94. The van der Waals surface area contributed by atoms with Crippen molar-refractivity contribution in [2.45, 2.75) is 5.44 Å².